The molecule has 0 atom stereocenters. The number of hydrogen-bond acceptors (Lipinski definition) is 5. The standard InChI is InChI=1S/C14H20N2O5S/c1-2-21-14(18)11-15-10-12(6-7-13(15)17)22(19,20)16-8-4-3-5-9-16/h6-7,10H,2-5,8-9,11H2,1H3. The number of nitrogens with zero attached hydrogens (tertiary/aromatic N) is 2. The topological polar surface area (TPSA) is 85.7 Å². The number of rotatable bonds is 5. The molecule has 2 rings (SSSR count). The molecule has 0 aromatic carbocycles. The molecule has 7 nitrogen and oxygen atoms in total. The third kappa shape index (κ3) is 3.75. The molecular formula is C14H20N2O5S. The Morgan fingerprint density at radius 3 is 2.55 bits per heavy atom. The van der Waals surface area contributed by atoms with E-state index in [9.17, 15) is 18.0 Å². The third-order valence-electron chi connectivity index (χ3n) is 3.51. The Morgan fingerprint density at radius 2 is 1.91 bits per heavy atom. The summed E-state index contributed by atoms with van der Waals surface area (Å²) in [6.45, 7) is 2.55. The summed E-state index contributed by atoms with van der Waals surface area (Å²) in [4.78, 5) is 23.3. The number of carbonyl (C=O) groups is 1. The highest BCUT2D eigenvalue weighted by atomic mass is 32.2. The molecule has 8 heteroatoms. The quantitative estimate of drug-likeness (QED) is 0.738. The zero-order chi connectivity index (χ0) is 16.2. The van der Waals surface area contributed by atoms with Crippen LogP contribution in [0.5, 0.6) is 0 Å². The van der Waals surface area contributed by atoms with Crippen LogP contribution in [0.4, 0.5) is 0 Å². The molecule has 1 aromatic heterocycles. The van der Waals surface area contributed by atoms with Crippen LogP contribution in [0.25, 0.3) is 0 Å². The lowest BCUT2D eigenvalue weighted by Gasteiger charge is -2.26. The molecule has 1 saturated heterocycles. The van der Waals surface area contributed by atoms with E-state index in [-0.39, 0.29) is 18.0 Å². The van der Waals surface area contributed by atoms with E-state index in [2.05, 4.69) is 0 Å². The van der Waals surface area contributed by atoms with Gasteiger partial charge in [0.2, 0.25) is 10.0 Å². The first kappa shape index (κ1) is 16.7. The average molecular weight is 328 g/mol. The Kier molecular flexibility index (Phi) is 5.36. The lowest BCUT2D eigenvalue weighted by Crippen LogP contribution is -2.36. The van der Waals surface area contributed by atoms with Crippen LogP contribution in [0.15, 0.2) is 28.0 Å². The van der Waals surface area contributed by atoms with Crippen molar-refractivity contribution in [1.29, 1.82) is 0 Å². The molecule has 0 spiro atoms. The van der Waals surface area contributed by atoms with Gasteiger partial charge in [0.1, 0.15) is 6.54 Å². The maximum Gasteiger partial charge on any atom is 0.326 e. The van der Waals surface area contributed by atoms with Crippen molar-refractivity contribution in [2.45, 2.75) is 37.6 Å². The summed E-state index contributed by atoms with van der Waals surface area (Å²) < 4.78 is 32.4. The SMILES string of the molecule is CCOC(=O)Cn1cc(S(=O)(=O)N2CCCCC2)ccc1=O. The summed E-state index contributed by atoms with van der Waals surface area (Å²) in [7, 11) is -3.63. The van der Waals surface area contributed by atoms with E-state index in [1.807, 2.05) is 0 Å². The van der Waals surface area contributed by atoms with Crippen LogP contribution in [0.3, 0.4) is 0 Å². The maximum atomic E-state index is 12.6. The second-order valence-electron chi connectivity index (χ2n) is 5.10. The van der Waals surface area contributed by atoms with Crippen molar-refractivity contribution in [3.63, 3.8) is 0 Å². The molecule has 0 bridgehead atoms. The molecule has 0 saturated carbocycles. The molecule has 0 radical (unpaired) electrons. The van der Waals surface area contributed by atoms with Gasteiger partial charge in [-0.05, 0) is 25.8 Å². The van der Waals surface area contributed by atoms with Crippen LogP contribution >= 0.6 is 0 Å². The Bertz CT molecular complexity index is 689. The monoisotopic (exact) mass is 328 g/mol. The number of piperidine rings is 1. The second-order valence-corrected chi connectivity index (χ2v) is 7.04. The molecule has 122 valence electrons. The van der Waals surface area contributed by atoms with Crippen LogP contribution in [0.2, 0.25) is 0 Å². The predicted octanol–water partition coefficient (Wildman–Crippen LogP) is 0.586. The molecule has 0 N–H and O–H groups in total. The van der Waals surface area contributed by atoms with E-state index in [0.29, 0.717) is 13.1 Å². The van der Waals surface area contributed by atoms with Gasteiger partial charge >= 0.3 is 5.97 Å². The van der Waals surface area contributed by atoms with Crippen LogP contribution in [-0.2, 0) is 26.1 Å². The smallest absolute Gasteiger partial charge is 0.326 e. The second kappa shape index (κ2) is 7.06. The van der Waals surface area contributed by atoms with Crippen LogP contribution < -0.4 is 5.56 Å². The Hall–Kier alpha value is -1.67. The fraction of sp³-hybridized carbons (Fsp3) is 0.571. The Balaban J connectivity index is 2.28. The van der Waals surface area contributed by atoms with Gasteiger partial charge in [-0.3, -0.25) is 9.59 Å². The number of hydrogen-bond donors (Lipinski definition) is 0. The van der Waals surface area contributed by atoms with Gasteiger partial charge in [0.15, 0.2) is 0 Å². The minimum absolute atomic E-state index is 0.0262. The fourth-order valence-corrected chi connectivity index (χ4v) is 3.92. The maximum absolute atomic E-state index is 12.6. The van der Waals surface area contributed by atoms with Gasteiger partial charge in [-0.2, -0.15) is 4.31 Å². The number of pyridine rings is 1. The molecule has 0 amide bonds. The molecule has 2 heterocycles. The van der Waals surface area contributed by atoms with E-state index >= 15 is 0 Å². The van der Waals surface area contributed by atoms with Gasteiger partial charge in [0.05, 0.1) is 11.5 Å². The largest absolute Gasteiger partial charge is 0.465 e. The Labute approximate surface area is 129 Å². The zero-order valence-electron chi connectivity index (χ0n) is 12.5. The number of ether oxygens (including phenoxy) is 1. The van der Waals surface area contributed by atoms with Gasteiger partial charge in [0.25, 0.3) is 5.56 Å². The minimum atomic E-state index is -3.63. The predicted molar refractivity (Wildman–Crippen MR) is 79.9 cm³/mol. The number of aromatic nitrogens is 1. The highest BCUT2D eigenvalue weighted by Crippen LogP contribution is 2.19. The summed E-state index contributed by atoms with van der Waals surface area (Å²) in [5.41, 5.74) is -0.439. The molecule has 1 aliphatic heterocycles. The molecular weight excluding hydrogens is 308 g/mol. The van der Waals surface area contributed by atoms with Crippen molar-refractivity contribution in [3.8, 4) is 0 Å². The van der Waals surface area contributed by atoms with E-state index in [0.717, 1.165) is 29.9 Å². The third-order valence-corrected chi connectivity index (χ3v) is 5.40. The molecule has 1 fully saturated rings. The van der Waals surface area contributed by atoms with Crippen molar-refractivity contribution in [2.24, 2.45) is 0 Å². The number of esters is 1. The number of carbonyl (C=O) groups excluding carboxylic acids is 1. The summed E-state index contributed by atoms with van der Waals surface area (Å²) in [5.74, 6) is -0.572. The highest BCUT2D eigenvalue weighted by Gasteiger charge is 2.26. The van der Waals surface area contributed by atoms with E-state index in [1.165, 1.54) is 16.6 Å². The van der Waals surface area contributed by atoms with Crippen molar-refractivity contribution < 1.29 is 17.9 Å². The highest BCUT2D eigenvalue weighted by molar-refractivity contribution is 7.89. The minimum Gasteiger partial charge on any atom is -0.465 e. The molecule has 0 aliphatic carbocycles. The van der Waals surface area contributed by atoms with E-state index in [1.54, 1.807) is 6.92 Å². The summed E-state index contributed by atoms with van der Waals surface area (Å²) in [6.07, 6.45) is 3.90. The average Bonchev–Trinajstić information content (AvgIpc) is 2.50. The van der Waals surface area contributed by atoms with Crippen molar-refractivity contribution in [1.82, 2.24) is 8.87 Å². The van der Waals surface area contributed by atoms with Crippen molar-refractivity contribution >= 4 is 16.0 Å². The number of sulfonamides is 1. The van der Waals surface area contributed by atoms with Crippen molar-refractivity contribution in [3.05, 3.63) is 28.7 Å². The molecule has 0 unspecified atom stereocenters. The van der Waals surface area contributed by atoms with Gasteiger partial charge in [-0.15, -0.1) is 0 Å². The lowest BCUT2D eigenvalue weighted by atomic mass is 10.2. The Morgan fingerprint density at radius 1 is 1.23 bits per heavy atom. The van der Waals surface area contributed by atoms with Gasteiger partial charge in [0, 0.05) is 25.4 Å². The molecule has 1 aliphatic rings. The fourth-order valence-electron chi connectivity index (χ4n) is 2.39. The van der Waals surface area contributed by atoms with E-state index in [4.69, 9.17) is 4.74 Å². The normalized spacial score (nSPS) is 16.4. The lowest BCUT2D eigenvalue weighted by molar-refractivity contribution is -0.143. The zero-order valence-corrected chi connectivity index (χ0v) is 13.3. The summed E-state index contributed by atoms with van der Waals surface area (Å²) in [5, 5.41) is 0. The van der Waals surface area contributed by atoms with Gasteiger partial charge in [-0.25, -0.2) is 8.42 Å². The molecule has 22 heavy (non-hydrogen) atoms. The van der Waals surface area contributed by atoms with Crippen LogP contribution in [0, 0.1) is 0 Å². The van der Waals surface area contributed by atoms with E-state index < -0.39 is 21.6 Å². The van der Waals surface area contributed by atoms with Gasteiger partial charge in [-0.1, -0.05) is 6.42 Å². The summed E-state index contributed by atoms with van der Waals surface area (Å²) >= 11 is 0. The van der Waals surface area contributed by atoms with Crippen LogP contribution in [-0.4, -0.2) is 43.0 Å². The van der Waals surface area contributed by atoms with Gasteiger partial charge < -0.3 is 9.30 Å². The first-order valence-corrected chi connectivity index (χ1v) is 8.75. The van der Waals surface area contributed by atoms with Crippen molar-refractivity contribution in [2.75, 3.05) is 19.7 Å². The summed E-state index contributed by atoms with van der Waals surface area (Å²) in [6, 6.07) is 2.45. The first-order chi connectivity index (χ1) is 10.4. The first-order valence-electron chi connectivity index (χ1n) is 7.31. The molecule has 1 aromatic rings. The van der Waals surface area contributed by atoms with Crippen LogP contribution in [0.1, 0.15) is 26.2 Å².